The van der Waals surface area contributed by atoms with E-state index in [9.17, 15) is 4.79 Å². The zero-order chi connectivity index (χ0) is 11.5. The van der Waals surface area contributed by atoms with E-state index in [-0.39, 0.29) is 12.5 Å². The monoisotopic (exact) mass is 222 g/mol. The summed E-state index contributed by atoms with van der Waals surface area (Å²) in [6, 6.07) is 1.65. The smallest absolute Gasteiger partial charge is 0.242 e. The van der Waals surface area contributed by atoms with Crippen molar-refractivity contribution >= 4 is 11.9 Å². The van der Waals surface area contributed by atoms with Crippen molar-refractivity contribution in [3.05, 3.63) is 18.0 Å². The van der Waals surface area contributed by atoms with E-state index in [0.717, 1.165) is 6.54 Å². The summed E-state index contributed by atoms with van der Waals surface area (Å²) in [4.78, 5) is 23.3. The minimum Gasteiger partial charge on any atom is -0.390 e. The van der Waals surface area contributed by atoms with Gasteiger partial charge in [-0.05, 0) is 6.07 Å². The van der Waals surface area contributed by atoms with Crippen molar-refractivity contribution in [2.75, 3.05) is 31.6 Å². The van der Waals surface area contributed by atoms with Gasteiger partial charge in [-0.1, -0.05) is 0 Å². The molecule has 0 unspecified atom stereocenters. The summed E-state index contributed by atoms with van der Waals surface area (Å²) in [5.41, 5.74) is 0.566. The van der Waals surface area contributed by atoms with Gasteiger partial charge < -0.3 is 14.9 Å². The van der Waals surface area contributed by atoms with Crippen molar-refractivity contribution in [3.8, 4) is 0 Å². The van der Waals surface area contributed by atoms with Crippen LogP contribution in [-0.2, 0) is 11.4 Å². The second kappa shape index (κ2) is 4.44. The van der Waals surface area contributed by atoms with Gasteiger partial charge in [0, 0.05) is 26.3 Å². The Kier molecular flexibility index (Phi) is 3.00. The lowest BCUT2D eigenvalue weighted by molar-refractivity contribution is -0.129. The molecular weight excluding hydrogens is 208 g/mol. The number of aliphatic hydroxyl groups is 1. The third kappa shape index (κ3) is 2.11. The Hall–Kier alpha value is -1.69. The molecule has 0 spiro atoms. The Labute approximate surface area is 93.5 Å². The molecule has 2 rings (SSSR count). The first-order valence-corrected chi connectivity index (χ1v) is 5.12. The molecule has 0 saturated carbocycles. The molecule has 86 valence electrons. The molecule has 1 aromatic rings. The van der Waals surface area contributed by atoms with Crippen LogP contribution >= 0.6 is 0 Å². The fourth-order valence-corrected chi connectivity index (χ4v) is 1.55. The van der Waals surface area contributed by atoms with Gasteiger partial charge in [-0.25, -0.2) is 9.97 Å². The van der Waals surface area contributed by atoms with Gasteiger partial charge in [-0.2, -0.15) is 0 Å². The topological polar surface area (TPSA) is 69.6 Å². The molecule has 1 aromatic heterocycles. The Morgan fingerprint density at radius 1 is 1.50 bits per heavy atom. The second-order valence-corrected chi connectivity index (χ2v) is 3.74. The molecule has 0 aromatic carbocycles. The average molecular weight is 222 g/mol. The molecule has 1 N–H and O–H groups in total. The van der Waals surface area contributed by atoms with Crippen molar-refractivity contribution in [1.82, 2.24) is 14.9 Å². The summed E-state index contributed by atoms with van der Waals surface area (Å²) in [5.74, 6) is 0.567. The molecule has 1 saturated heterocycles. The number of anilines is 1. The van der Waals surface area contributed by atoms with Crippen molar-refractivity contribution in [2.24, 2.45) is 0 Å². The number of amides is 1. The van der Waals surface area contributed by atoms with Crippen LogP contribution in [0.5, 0.6) is 0 Å². The zero-order valence-electron chi connectivity index (χ0n) is 9.13. The average Bonchev–Trinajstić information content (AvgIpc) is 2.33. The first-order chi connectivity index (χ1) is 7.70. The van der Waals surface area contributed by atoms with Crippen LogP contribution in [-0.4, -0.2) is 52.6 Å². The maximum atomic E-state index is 11.5. The highest BCUT2D eigenvalue weighted by atomic mass is 16.3. The van der Waals surface area contributed by atoms with Crippen LogP contribution in [0.2, 0.25) is 0 Å². The summed E-state index contributed by atoms with van der Waals surface area (Å²) in [6.45, 7) is 1.57. The van der Waals surface area contributed by atoms with Gasteiger partial charge in [0.05, 0.1) is 18.8 Å². The lowest BCUT2D eigenvalue weighted by atomic mass is 10.3. The second-order valence-electron chi connectivity index (χ2n) is 3.74. The van der Waals surface area contributed by atoms with Crippen LogP contribution in [0.3, 0.4) is 0 Å². The van der Waals surface area contributed by atoms with Crippen molar-refractivity contribution in [2.45, 2.75) is 6.61 Å². The fraction of sp³-hybridized carbons (Fsp3) is 0.500. The van der Waals surface area contributed by atoms with E-state index in [0.29, 0.717) is 24.7 Å². The maximum Gasteiger partial charge on any atom is 0.242 e. The number of nitrogens with zero attached hydrogens (tertiary/aromatic N) is 4. The number of carbonyl (C=O) groups excluding carboxylic acids is 1. The molecule has 1 aliphatic heterocycles. The highest BCUT2D eigenvalue weighted by Gasteiger charge is 2.22. The number of piperazine rings is 1. The Balaban J connectivity index is 2.15. The molecule has 16 heavy (non-hydrogen) atoms. The van der Waals surface area contributed by atoms with Gasteiger partial charge in [0.2, 0.25) is 11.9 Å². The third-order valence-electron chi connectivity index (χ3n) is 2.60. The molecule has 1 aliphatic rings. The number of likely N-dealkylation sites (N-methyl/N-ethyl adjacent to an activating group) is 1. The number of hydrogen-bond acceptors (Lipinski definition) is 5. The van der Waals surface area contributed by atoms with Crippen molar-refractivity contribution in [3.63, 3.8) is 0 Å². The third-order valence-corrected chi connectivity index (χ3v) is 2.60. The molecular formula is C10H14N4O2. The lowest BCUT2D eigenvalue weighted by Gasteiger charge is -2.31. The molecule has 0 bridgehead atoms. The SMILES string of the molecule is CN1CCN(c2nccc(CO)n2)CC1=O. The molecule has 2 heterocycles. The summed E-state index contributed by atoms with van der Waals surface area (Å²) < 4.78 is 0. The van der Waals surface area contributed by atoms with E-state index in [2.05, 4.69) is 9.97 Å². The number of hydrogen-bond donors (Lipinski definition) is 1. The Morgan fingerprint density at radius 3 is 3.00 bits per heavy atom. The van der Waals surface area contributed by atoms with Crippen LogP contribution < -0.4 is 4.90 Å². The van der Waals surface area contributed by atoms with E-state index in [1.807, 2.05) is 4.90 Å². The summed E-state index contributed by atoms with van der Waals surface area (Å²) in [7, 11) is 1.78. The number of aliphatic hydroxyl groups excluding tert-OH is 1. The van der Waals surface area contributed by atoms with Crippen molar-refractivity contribution in [1.29, 1.82) is 0 Å². The molecule has 0 aliphatic carbocycles. The van der Waals surface area contributed by atoms with Crippen LogP contribution in [0, 0.1) is 0 Å². The quantitative estimate of drug-likeness (QED) is 0.713. The molecule has 6 nitrogen and oxygen atoms in total. The van der Waals surface area contributed by atoms with Crippen LogP contribution in [0.25, 0.3) is 0 Å². The molecule has 0 atom stereocenters. The van der Waals surface area contributed by atoms with Gasteiger partial charge in [-0.3, -0.25) is 4.79 Å². The van der Waals surface area contributed by atoms with E-state index in [4.69, 9.17) is 5.11 Å². The maximum absolute atomic E-state index is 11.5. The predicted octanol–water partition coefficient (Wildman–Crippen LogP) is -0.753. The summed E-state index contributed by atoms with van der Waals surface area (Å²) in [6.07, 6.45) is 1.59. The highest BCUT2D eigenvalue weighted by molar-refractivity contribution is 5.81. The lowest BCUT2D eigenvalue weighted by Crippen LogP contribution is -2.49. The predicted molar refractivity (Wildman–Crippen MR) is 57.8 cm³/mol. The van der Waals surface area contributed by atoms with Crippen molar-refractivity contribution < 1.29 is 9.90 Å². The van der Waals surface area contributed by atoms with E-state index < -0.39 is 0 Å². The minimum atomic E-state index is -0.114. The minimum absolute atomic E-state index is 0.0595. The fourth-order valence-electron chi connectivity index (χ4n) is 1.55. The first kappa shape index (κ1) is 10.8. The Morgan fingerprint density at radius 2 is 2.31 bits per heavy atom. The van der Waals surface area contributed by atoms with E-state index in [1.165, 1.54) is 0 Å². The zero-order valence-corrected chi connectivity index (χ0v) is 9.13. The largest absolute Gasteiger partial charge is 0.390 e. The van der Waals surface area contributed by atoms with Gasteiger partial charge in [0.1, 0.15) is 0 Å². The molecule has 1 fully saturated rings. The number of carbonyl (C=O) groups is 1. The van der Waals surface area contributed by atoms with Crippen LogP contribution in [0.15, 0.2) is 12.3 Å². The van der Waals surface area contributed by atoms with Gasteiger partial charge in [-0.15, -0.1) is 0 Å². The molecule has 1 amide bonds. The van der Waals surface area contributed by atoms with Crippen LogP contribution in [0.1, 0.15) is 5.69 Å². The molecule has 6 heteroatoms. The number of aromatic nitrogens is 2. The summed E-state index contributed by atoms with van der Waals surface area (Å²) >= 11 is 0. The number of rotatable bonds is 2. The van der Waals surface area contributed by atoms with Crippen LogP contribution in [0.4, 0.5) is 5.95 Å². The normalized spacial score (nSPS) is 16.8. The summed E-state index contributed by atoms with van der Waals surface area (Å²) in [5, 5.41) is 8.97. The van der Waals surface area contributed by atoms with Gasteiger partial charge in [0.25, 0.3) is 0 Å². The standard InChI is InChI=1S/C10H14N4O2/c1-13-4-5-14(6-9(13)16)10-11-3-2-8(7-15)12-10/h2-3,15H,4-7H2,1H3. The van der Waals surface area contributed by atoms with E-state index in [1.54, 1.807) is 24.2 Å². The molecule has 0 radical (unpaired) electrons. The highest BCUT2D eigenvalue weighted by Crippen LogP contribution is 2.11. The van der Waals surface area contributed by atoms with Gasteiger partial charge in [0.15, 0.2) is 0 Å². The van der Waals surface area contributed by atoms with Gasteiger partial charge >= 0.3 is 0 Å². The Bertz CT molecular complexity index is 396. The van der Waals surface area contributed by atoms with E-state index >= 15 is 0 Å². The first-order valence-electron chi connectivity index (χ1n) is 5.12.